The summed E-state index contributed by atoms with van der Waals surface area (Å²) >= 11 is 1.22. The zero-order chi connectivity index (χ0) is 23.7. The lowest BCUT2D eigenvalue weighted by Gasteiger charge is -2.25. The minimum absolute atomic E-state index is 0.221. The molecule has 0 radical (unpaired) electrons. The Bertz CT molecular complexity index is 1410. The average Bonchev–Trinajstić information content (AvgIpc) is 3.07. The monoisotopic (exact) mass is 464 g/mol. The molecule has 0 unspecified atom stereocenters. The van der Waals surface area contributed by atoms with E-state index in [1.807, 2.05) is 24.3 Å². The lowest BCUT2D eigenvalue weighted by molar-refractivity contribution is -0.139. The summed E-state index contributed by atoms with van der Waals surface area (Å²) in [5, 5.41) is 0. The van der Waals surface area contributed by atoms with Gasteiger partial charge in [-0.15, -0.1) is 0 Å². The van der Waals surface area contributed by atoms with E-state index in [1.165, 1.54) is 23.5 Å². The van der Waals surface area contributed by atoms with Crippen LogP contribution >= 0.6 is 11.3 Å². The highest BCUT2D eigenvalue weighted by molar-refractivity contribution is 7.07. The molecule has 2 heterocycles. The standard InChI is InChI=1S/C26H25FN2O3S/c1-5-32-25(31)22-16(4)28-26-29(23(22)19-11-9-18(10-12-19)15(2)3)24(30)21(33-26)14-17-7-6-8-20(27)13-17/h6-15,23H,5H2,1-4H3/b21-14-/t23-/m1/s1. The average molecular weight is 465 g/mol. The van der Waals surface area contributed by atoms with Crippen LogP contribution in [-0.4, -0.2) is 17.1 Å². The molecule has 0 amide bonds. The first-order valence-electron chi connectivity index (χ1n) is 10.8. The lowest BCUT2D eigenvalue weighted by atomic mass is 9.93. The van der Waals surface area contributed by atoms with E-state index < -0.39 is 12.0 Å². The van der Waals surface area contributed by atoms with Gasteiger partial charge < -0.3 is 4.74 Å². The minimum Gasteiger partial charge on any atom is -0.463 e. The summed E-state index contributed by atoms with van der Waals surface area (Å²) in [5.41, 5.74) is 3.13. The molecule has 4 rings (SSSR count). The number of benzene rings is 2. The molecule has 33 heavy (non-hydrogen) atoms. The molecule has 0 saturated carbocycles. The Hall–Kier alpha value is -3.32. The summed E-state index contributed by atoms with van der Waals surface area (Å²) in [6.45, 7) is 7.94. The summed E-state index contributed by atoms with van der Waals surface area (Å²) in [5.74, 6) is -0.509. The molecule has 1 aliphatic heterocycles. The second kappa shape index (κ2) is 9.27. The first kappa shape index (κ1) is 22.9. The third kappa shape index (κ3) is 4.46. The maximum absolute atomic E-state index is 13.7. The summed E-state index contributed by atoms with van der Waals surface area (Å²) in [7, 11) is 0. The molecule has 2 aromatic carbocycles. The number of aromatic nitrogens is 1. The Morgan fingerprint density at radius 2 is 1.97 bits per heavy atom. The smallest absolute Gasteiger partial charge is 0.338 e. The molecule has 0 fully saturated rings. The second-order valence-electron chi connectivity index (χ2n) is 8.18. The van der Waals surface area contributed by atoms with Gasteiger partial charge in [-0.25, -0.2) is 14.2 Å². The van der Waals surface area contributed by atoms with Crippen LogP contribution in [0, 0.1) is 5.82 Å². The predicted molar refractivity (Wildman–Crippen MR) is 127 cm³/mol. The molecule has 1 aliphatic rings. The highest BCUT2D eigenvalue weighted by atomic mass is 32.1. The van der Waals surface area contributed by atoms with Gasteiger partial charge in [0.15, 0.2) is 4.80 Å². The van der Waals surface area contributed by atoms with E-state index in [-0.39, 0.29) is 18.0 Å². The van der Waals surface area contributed by atoms with E-state index in [4.69, 9.17) is 4.74 Å². The highest BCUT2D eigenvalue weighted by Gasteiger charge is 2.33. The number of hydrogen-bond acceptors (Lipinski definition) is 5. The zero-order valence-corrected chi connectivity index (χ0v) is 19.8. The first-order valence-corrected chi connectivity index (χ1v) is 11.7. The molecule has 1 atom stereocenters. The van der Waals surface area contributed by atoms with Crippen molar-refractivity contribution in [2.75, 3.05) is 6.61 Å². The van der Waals surface area contributed by atoms with Crippen molar-refractivity contribution in [2.24, 2.45) is 4.99 Å². The van der Waals surface area contributed by atoms with Crippen molar-refractivity contribution in [1.29, 1.82) is 0 Å². The maximum Gasteiger partial charge on any atom is 0.338 e. The van der Waals surface area contributed by atoms with Crippen molar-refractivity contribution in [3.8, 4) is 0 Å². The fraction of sp³-hybridized carbons (Fsp3) is 0.269. The Morgan fingerprint density at radius 1 is 1.24 bits per heavy atom. The third-order valence-electron chi connectivity index (χ3n) is 5.58. The number of thiazole rings is 1. The quantitative estimate of drug-likeness (QED) is 0.535. The van der Waals surface area contributed by atoms with Crippen LogP contribution in [0.4, 0.5) is 4.39 Å². The van der Waals surface area contributed by atoms with Crippen LogP contribution in [0.15, 0.2) is 69.6 Å². The maximum atomic E-state index is 13.7. The number of halogens is 1. The van der Waals surface area contributed by atoms with Gasteiger partial charge in [-0.3, -0.25) is 9.36 Å². The number of carbonyl (C=O) groups is 1. The SMILES string of the molecule is CCOC(=O)C1=C(C)N=c2s/c(=C\c3cccc(F)c3)c(=O)n2[C@@H]1c1ccc(C(C)C)cc1. The number of carbonyl (C=O) groups excluding carboxylic acids is 1. The fourth-order valence-electron chi connectivity index (χ4n) is 3.92. The molecule has 0 N–H and O–H groups in total. The van der Waals surface area contributed by atoms with Crippen molar-refractivity contribution >= 4 is 23.4 Å². The number of fused-ring (bicyclic) bond motifs is 1. The number of nitrogens with zero attached hydrogens (tertiary/aromatic N) is 2. The molecule has 1 aromatic heterocycles. The summed E-state index contributed by atoms with van der Waals surface area (Å²) < 4.78 is 20.9. The minimum atomic E-state index is -0.656. The van der Waals surface area contributed by atoms with E-state index in [1.54, 1.807) is 36.6 Å². The number of ether oxygens (including phenoxy) is 1. The van der Waals surface area contributed by atoms with Gasteiger partial charge in [-0.2, -0.15) is 0 Å². The van der Waals surface area contributed by atoms with Crippen molar-refractivity contribution in [3.05, 3.63) is 102 Å². The highest BCUT2D eigenvalue weighted by Crippen LogP contribution is 2.31. The molecular weight excluding hydrogens is 439 g/mol. The van der Waals surface area contributed by atoms with Gasteiger partial charge in [-0.1, -0.05) is 61.6 Å². The first-order chi connectivity index (χ1) is 15.8. The van der Waals surface area contributed by atoms with Crippen LogP contribution in [0.1, 0.15) is 56.3 Å². The molecule has 5 nitrogen and oxygen atoms in total. The van der Waals surface area contributed by atoms with E-state index in [0.29, 0.717) is 32.1 Å². The largest absolute Gasteiger partial charge is 0.463 e. The van der Waals surface area contributed by atoms with Crippen LogP contribution in [-0.2, 0) is 9.53 Å². The molecule has 0 bridgehead atoms. The Morgan fingerprint density at radius 3 is 2.61 bits per heavy atom. The van der Waals surface area contributed by atoms with E-state index in [0.717, 1.165) is 11.1 Å². The third-order valence-corrected chi connectivity index (χ3v) is 6.57. The second-order valence-corrected chi connectivity index (χ2v) is 9.19. The van der Waals surface area contributed by atoms with Crippen LogP contribution in [0.3, 0.4) is 0 Å². The Kier molecular flexibility index (Phi) is 6.42. The lowest BCUT2D eigenvalue weighted by Crippen LogP contribution is -2.39. The van der Waals surface area contributed by atoms with Crippen LogP contribution in [0.5, 0.6) is 0 Å². The molecule has 7 heteroatoms. The van der Waals surface area contributed by atoms with E-state index in [9.17, 15) is 14.0 Å². The van der Waals surface area contributed by atoms with Gasteiger partial charge in [0.05, 0.1) is 28.5 Å². The molecule has 3 aromatic rings. The molecule has 170 valence electrons. The number of esters is 1. The van der Waals surface area contributed by atoms with Gasteiger partial charge in [-0.05, 0) is 54.7 Å². The molecular formula is C26H25FN2O3S. The molecule has 0 saturated heterocycles. The Balaban J connectivity index is 1.94. The van der Waals surface area contributed by atoms with Crippen LogP contribution in [0.2, 0.25) is 0 Å². The normalized spacial score (nSPS) is 16.1. The van der Waals surface area contributed by atoms with E-state index in [2.05, 4.69) is 18.8 Å². The van der Waals surface area contributed by atoms with Crippen molar-refractivity contribution in [2.45, 2.75) is 39.7 Å². The van der Waals surface area contributed by atoms with Crippen LogP contribution < -0.4 is 14.9 Å². The number of hydrogen-bond donors (Lipinski definition) is 0. The predicted octanol–water partition coefficient (Wildman–Crippen LogP) is 4.06. The number of allylic oxidation sites excluding steroid dienone is 1. The van der Waals surface area contributed by atoms with Crippen molar-refractivity contribution in [3.63, 3.8) is 0 Å². The van der Waals surface area contributed by atoms with Gasteiger partial charge in [0.1, 0.15) is 5.82 Å². The van der Waals surface area contributed by atoms with Gasteiger partial charge in [0.25, 0.3) is 5.56 Å². The van der Waals surface area contributed by atoms with Gasteiger partial charge >= 0.3 is 5.97 Å². The fourth-order valence-corrected chi connectivity index (χ4v) is 4.96. The van der Waals surface area contributed by atoms with Crippen molar-refractivity contribution < 1.29 is 13.9 Å². The molecule has 0 spiro atoms. The van der Waals surface area contributed by atoms with Crippen LogP contribution in [0.25, 0.3) is 6.08 Å². The topological polar surface area (TPSA) is 60.7 Å². The summed E-state index contributed by atoms with van der Waals surface area (Å²) in [6, 6.07) is 13.3. The zero-order valence-electron chi connectivity index (χ0n) is 19.0. The Labute approximate surface area is 195 Å². The van der Waals surface area contributed by atoms with Gasteiger partial charge in [0.2, 0.25) is 0 Å². The van der Waals surface area contributed by atoms with Crippen molar-refractivity contribution in [1.82, 2.24) is 4.57 Å². The van der Waals surface area contributed by atoms with E-state index >= 15 is 0 Å². The summed E-state index contributed by atoms with van der Waals surface area (Å²) in [4.78, 5) is 31.5. The number of rotatable bonds is 5. The molecule has 0 aliphatic carbocycles. The summed E-state index contributed by atoms with van der Waals surface area (Å²) in [6.07, 6.45) is 1.65. The van der Waals surface area contributed by atoms with Gasteiger partial charge in [0, 0.05) is 0 Å².